The van der Waals surface area contributed by atoms with Crippen LogP contribution in [0.25, 0.3) is 11.5 Å². The summed E-state index contributed by atoms with van der Waals surface area (Å²) in [4.78, 5) is 31.1. The minimum atomic E-state index is -0.349. The lowest BCUT2D eigenvalue weighted by atomic mass is 10.0. The summed E-state index contributed by atoms with van der Waals surface area (Å²) in [5, 5.41) is 0. The van der Waals surface area contributed by atoms with Gasteiger partial charge in [0.25, 0.3) is 5.91 Å². The fourth-order valence-electron chi connectivity index (χ4n) is 3.62. The van der Waals surface area contributed by atoms with Gasteiger partial charge >= 0.3 is 0 Å². The second-order valence-corrected chi connectivity index (χ2v) is 7.31. The number of aromatic nitrogens is 1. The monoisotopic (exact) mass is 404 g/mol. The second kappa shape index (κ2) is 8.82. The molecule has 0 spiro atoms. The zero-order valence-corrected chi connectivity index (χ0v) is 16.9. The van der Waals surface area contributed by atoms with E-state index in [-0.39, 0.29) is 24.8 Å². The predicted octanol–water partition coefficient (Wildman–Crippen LogP) is 2.79. The number of hydrazine groups is 1. The quantitative estimate of drug-likeness (QED) is 0.639. The molecule has 7 nitrogen and oxygen atoms in total. The van der Waals surface area contributed by atoms with Crippen molar-refractivity contribution in [2.75, 3.05) is 18.0 Å². The first-order valence-corrected chi connectivity index (χ1v) is 10.0. The highest BCUT2D eigenvalue weighted by Crippen LogP contribution is 2.26. The summed E-state index contributed by atoms with van der Waals surface area (Å²) in [6.45, 7) is 2.78. The third-order valence-corrected chi connectivity index (χ3v) is 5.12. The van der Waals surface area contributed by atoms with Crippen LogP contribution in [-0.2, 0) is 22.4 Å². The van der Waals surface area contributed by atoms with E-state index in [1.807, 2.05) is 53.4 Å². The molecule has 0 saturated heterocycles. The topological polar surface area (TPSA) is 87.5 Å². The molecule has 1 aliphatic heterocycles. The number of anilines is 1. The summed E-state index contributed by atoms with van der Waals surface area (Å²) < 4.78 is 5.68. The van der Waals surface area contributed by atoms with Gasteiger partial charge < -0.3 is 9.32 Å². The highest BCUT2D eigenvalue weighted by molar-refractivity contribution is 5.86. The lowest BCUT2D eigenvalue weighted by Crippen LogP contribution is -2.47. The van der Waals surface area contributed by atoms with E-state index in [4.69, 9.17) is 4.42 Å². The summed E-state index contributed by atoms with van der Waals surface area (Å²) >= 11 is 0. The van der Waals surface area contributed by atoms with Gasteiger partial charge in [0.15, 0.2) is 0 Å². The third kappa shape index (κ3) is 4.51. The lowest BCUT2D eigenvalue weighted by molar-refractivity contribution is -0.127. The molecule has 0 bridgehead atoms. The fraction of sp³-hybridized carbons (Fsp3) is 0.261. The van der Waals surface area contributed by atoms with Gasteiger partial charge in [0.1, 0.15) is 5.76 Å². The van der Waals surface area contributed by atoms with E-state index in [9.17, 15) is 9.59 Å². The minimum absolute atomic E-state index is 0.0228. The Morgan fingerprint density at radius 2 is 1.77 bits per heavy atom. The molecule has 30 heavy (non-hydrogen) atoms. The summed E-state index contributed by atoms with van der Waals surface area (Å²) in [5.74, 6) is 0.448. The molecule has 154 valence electrons. The van der Waals surface area contributed by atoms with E-state index >= 15 is 0 Å². The lowest BCUT2D eigenvalue weighted by Gasteiger charge is -2.30. The number of benzene rings is 2. The molecule has 2 heterocycles. The van der Waals surface area contributed by atoms with E-state index < -0.39 is 0 Å². The van der Waals surface area contributed by atoms with Crippen LogP contribution in [0.3, 0.4) is 0 Å². The van der Waals surface area contributed by atoms with Gasteiger partial charge in [0.2, 0.25) is 11.8 Å². The maximum atomic E-state index is 12.3. The summed E-state index contributed by atoms with van der Waals surface area (Å²) in [6, 6.07) is 17.6. The molecule has 0 atom stereocenters. The zero-order valence-electron chi connectivity index (χ0n) is 16.9. The highest BCUT2D eigenvalue weighted by atomic mass is 16.4. The first kappa shape index (κ1) is 19.7. The molecular formula is C23H24N4O3. The van der Waals surface area contributed by atoms with E-state index in [0.717, 1.165) is 30.6 Å². The van der Waals surface area contributed by atoms with E-state index in [1.165, 1.54) is 5.56 Å². The van der Waals surface area contributed by atoms with Crippen LogP contribution >= 0.6 is 0 Å². The van der Waals surface area contributed by atoms with Crippen LogP contribution < -0.4 is 15.8 Å². The Morgan fingerprint density at radius 1 is 1.03 bits per heavy atom. The Bertz CT molecular complexity index is 1050. The number of nitrogens with one attached hydrogen (secondary N) is 2. The minimum Gasteiger partial charge on any atom is -0.441 e. The average Bonchev–Trinajstić information content (AvgIpc) is 3.13. The number of fused-ring (bicyclic) bond motifs is 1. The van der Waals surface area contributed by atoms with Gasteiger partial charge in [0.05, 0.1) is 18.7 Å². The molecule has 7 heteroatoms. The van der Waals surface area contributed by atoms with Gasteiger partial charge in [-0.1, -0.05) is 36.4 Å². The van der Waals surface area contributed by atoms with Crippen molar-refractivity contribution in [1.82, 2.24) is 15.8 Å². The summed E-state index contributed by atoms with van der Waals surface area (Å²) in [7, 11) is 0. The number of hydrogen-bond donors (Lipinski definition) is 2. The SMILES string of the molecule is Cc1oc(-c2ccccc2)nc1CC(=O)NNC(=O)CN1CCCc2ccccc21. The number of aryl methyl sites for hydroxylation is 2. The van der Waals surface area contributed by atoms with Crippen molar-refractivity contribution >= 4 is 17.5 Å². The van der Waals surface area contributed by atoms with E-state index in [2.05, 4.69) is 21.9 Å². The highest BCUT2D eigenvalue weighted by Gasteiger charge is 2.19. The van der Waals surface area contributed by atoms with Crippen molar-refractivity contribution in [3.8, 4) is 11.5 Å². The van der Waals surface area contributed by atoms with Gasteiger partial charge in [-0.15, -0.1) is 0 Å². The maximum Gasteiger partial charge on any atom is 0.257 e. The molecule has 0 fully saturated rings. The van der Waals surface area contributed by atoms with Gasteiger partial charge in [0, 0.05) is 17.8 Å². The van der Waals surface area contributed by atoms with Crippen LogP contribution in [0.2, 0.25) is 0 Å². The number of hydrogen-bond acceptors (Lipinski definition) is 5. The number of para-hydroxylation sites is 1. The Labute approximate surface area is 175 Å². The summed E-state index contributed by atoms with van der Waals surface area (Å²) in [6.07, 6.45) is 2.05. The first-order chi connectivity index (χ1) is 14.6. The number of oxazole rings is 1. The Morgan fingerprint density at radius 3 is 2.60 bits per heavy atom. The van der Waals surface area contributed by atoms with Crippen molar-refractivity contribution < 1.29 is 14.0 Å². The third-order valence-electron chi connectivity index (χ3n) is 5.12. The fourth-order valence-corrected chi connectivity index (χ4v) is 3.62. The van der Waals surface area contributed by atoms with Gasteiger partial charge in [-0.25, -0.2) is 4.98 Å². The van der Waals surface area contributed by atoms with E-state index in [1.54, 1.807) is 6.92 Å². The van der Waals surface area contributed by atoms with E-state index in [0.29, 0.717) is 17.3 Å². The standard InChI is InChI=1S/C23H24N4O3/c1-16-19(24-23(30-16)18-9-3-2-4-10-18)14-21(28)25-26-22(29)15-27-13-7-11-17-8-5-6-12-20(17)27/h2-6,8-10,12H,7,11,13-15H2,1H3,(H,25,28)(H,26,29). The molecule has 3 aromatic rings. The number of rotatable bonds is 5. The predicted molar refractivity (Wildman–Crippen MR) is 114 cm³/mol. The van der Waals surface area contributed by atoms with Crippen molar-refractivity contribution in [2.45, 2.75) is 26.2 Å². The van der Waals surface area contributed by atoms with Crippen molar-refractivity contribution in [1.29, 1.82) is 0 Å². The summed E-state index contributed by atoms with van der Waals surface area (Å²) in [5.41, 5.74) is 8.70. The van der Waals surface area contributed by atoms with Crippen molar-refractivity contribution in [3.63, 3.8) is 0 Å². The molecule has 1 aromatic heterocycles. The molecule has 2 N–H and O–H groups in total. The van der Waals surface area contributed by atoms with Crippen molar-refractivity contribution in [3.05, 3.63) is 71.6 Å². The van der Waals surface area contributed by atoms with Crippen molar-refractivity contribution in [2.24, 2.45) is 0 Å². The van der Waals surface area contributed by atoms with Crippen LogP contribution in [0.1, 0.15) is 23.4 Å². The molecule has 0 saturated carbocycles. The molecule has 2 aromatic carbocycles. The molecule has 1 aliphatic rings. The van der Waals surface area contributed by atoms with Gasteiger partial charge in [-0.05, 0) is 43.5 Å². The normalized spacial score (nSPS) is 12.9. The van der Waals surface area contributed by atoms with Crippen LogP contribution in [-0.4, -0.2) is 29.9 Å². The molecule has 0 unspecified atom stereocenters. The molecular weight excluding hydrogens is 380 g/mol. The zero-order chi connectivity index (χ0) is 20.9. The van der Waals surface area contributed by atoms with Gasteiger partial charge in [-0.3, -0.25) is 20.4 Å². The van der Waals surface area contributed by atoms with Crippen LogP contribution in [0.4, 0.5) is 5.69 Å². The number of carbonyl (C=O) groups is 2. The molecule has 0 radical (unpaired) electrons. The number of carbonyl (C=O) groups excluding carboxylic acids is 2. The van der Waals surface area contributed by atoms with Crippen LogP contribution in [0.15, 0.2) is 59.0 Å². The second-order valence-electron chi connectivity index (χ2n) is 7.31. The molecule has 4 rings (SSSR count). The van der Waals surface area contributed by atoms with Crippen LogP contribution in [0, 0.1) is 6.92 Å². The van der Waals surface area contributed by atoms with Gasteiger partial charge in [-0.2, -0.15) is 0 Å². The Hall–Kier alpha value is -3.61. The smallest absolute Gasteiger partial charge is 0.257 e. The largest absolute Gasteiger partial charge is 0.441 e. The van der Waals surface area contributed by atoms with Crippen LogP contribution in [0.5, 0.6) is 0 Å². The number of amides is 2. The number of nitrogens with zero attached hydrogens (tertiary/aromatic N) is 2. The molecule has 0 aliphatic carbocycles. The first-order valence-electron chi connectivity index (χ1n) is 10.0. The Balaban J connectivity index is 1.30. The molecule has 2 amide bonds. The Kier molecular flexibility index (Phi) is 5.79. The maximum absolute atomic E-state index is 12.3. The average molecular weight is 404 g/mol.